The third-order valence-electron chi connectivity index (χ3n) is 4.29. The molecule has 0 unspecified atom stereocenters. The number of aliphatic carboxylic acids is 1. The molecule has 2 aromatic rings. The fourth-order valence-corrected chi connectivity index (χ4v) is 2.81. The highest BCUT2D eigenvalue weighted by Crippen LogP contribution is 2.14. The monoisotopic (exact) mass is 402 g/mol. The number of hydrogen-bond donors (Lipinski definition) is 3. The van der Waals surface area contributed by atoms with Crippen molar-refractivity contribution in [3.05, 3.63) is 65.5 Å². The minimum Gasteiger partial charge on any atom is -0.497 e. The van der Waals surface area contributed by atoms with Crippen LogP contribution in [-0.2, 0) is 27.2 Å². The lowest BCUT2D eigenvalue weighted by Crippen LogP contribution is -2.52. The third-order valence-corrected chi connectivity index (χ3v) is 4.29. The Hall–Kier alpha value is -3.42. The van der Waals surface area contributed by atoms with Crippen molar-refractivity contribution in [1.82, 2.24) is 10.6 Å². The van der Waals surface area contributed by atoms with Gasteiger partial charge in [-0.3, -0.25) is 9.59 Å². The smallest absolute Gasteiger partial charge is 0.326 e. The van der Waals surface area contributed by atoms with Crippen molar-refractivity contribution >= 4 is 17.8 Å². The maximum absolute atomic E-state index is 13.9. The van der Waals surface area contributed by atoms with Crippen molar-refractivity contribution in [1.29, 1.82) is 0 Å². The maximum atomic E-state index is 13.9. The molecule has 0 aliphatic carbocycles. The highest BCUT2D eigenvalue weighted by molar-refractivity contribution is 5.90. The largest absolute Gasteiger partial charge is 0.497 e. The van der Waals surface area contributed by atoms with Gasteiger partial charge in [0.25, 0.3) is 0 Å². The van der Waals surface area contributed by atoms with Crippen LogP contribution in [0.15, 0.2) is 48.5 Å². The molecule has 0 heterocycles. The van der Waals surface area contributed by atoms with Crippen molar-refractivity contribution in [2.45, 2.75) is 31.8 Å². The Labute approximate surface area is 167 Å². The molecule has 0 bridgehead atoms. The number of hydrogen-bond acceptors (Lipinski definition) is 4. The van der Waals surface area contributed by atoms with E-state index in [-0.39, 0.29) is 18.4 Å². The average Bonchev–Trinajstić information content (AvgIpc) is 2.68. The molecule has 0 saturated carbocycles. The molecule has 0 aromatic heterocycles. The SMILES string of the molecule is COc1ccc(C[C@@H](NC(=O)[C@H](Cc2ccccc2F)NC(C)=O)C(=O)O)cc1. The minimum absolute atomic E-state index is 0.0392. The molecule has 29 heavy (non-hydrogen) atoms. The van der Waals surface area contributed by atoms with E-state index in [2.05, 4.69) is 10.6 Å². The number of nitrogens with one attached hydrogen (secondary N) is 2. The van der Waals surface area contributed by atoms with Gasteiger partial charge in [-0.1, -0.05) is 30.3 Å². The van der Waals surface area contributed by atoms with E-state index in [4.69, 9.17) is 4.74 Å². The summed E-state index contributed by atoms with van der Waals surface area (Å²) >= 11 is 0. The summed E-state index contributed by atoms with van der Waals surface area (Å²) in [5.41, 5.74) is 0.923. The molecule has 2 atom stereocenters. The number of amides is 2. The first kappa shape index (κ1) is 21.9. The Bertz CT molecular complexity index is 870. The van der Waals surface area contributed by atoms with Crippen molar-refractivity contribution in [3.8, 4) is 5.75 Å². The minimum atomic E-state index is -1.22. The molecule has 0 fully saturated rings. The highest BCUT2D eigenvalue weighted by Gasteiger charge is 2.27. The van der Waals surface area contributed by atoms with Crippen LogP contribution < -0.4 is 15.4 Å². The van der Waals surface area contributed by atoms with E-state index in [1.54, 1.807) is 30.3 Å². The van der Waals surface area contributed by atoms with Gasteiger partial charge in [0, 0.05) is 19.8 Å². The van der Waals surface area contributed by atoms with Gasteiger partial charge in [0.15, 0.2) is 0 Å². The number of rotatable bonds is 9. The Morgan fingerprint density at radius 2 is 1.66 bits per heavy atom. The van der Waals surface area contributed by atoms with Crippen LogP contribution in [-0.4, -0.2) is 42.1 Å². The van der Waals surface area contributed by atoms with Crippen LogP contribution in [0.4, 0.5) is 4.39 Å². The number of carbonyl (C=O) groups is 3. The standard InChI is InChI=1S/C21H23FN2O5/c1-13(25)23-18(12-15-5-3-4-6-17(15)22)20(26)24-19(21(27)28)11-14-7-9-16(29-2)10-8-14/h3-10,18-19H,11-12H2,1-2H3,(H,23,25)(H,24,26)(H,27,28)/t18-,19+/m0/s1. The summed E-state index contributed by atoms with van der Waals surface area (Å²) in [6.45, 7) is 1.23. The number of carboxylic acid groups (broad SMARTS) is 1. The summed E-state index contributed by atoms with van der Waals surface area (Å²) in [6, 6.07) is 10.3. The van der Waals surface area contributed by atoms with Gasteiger partial charge in [0.2, 0.25) is 11.8 Å². The van der Waals surface area contributed by atoms with Gasteiger partial charge in [0.1, 0.15) is 23.7 Å². The van der Waals surface area contributed by atoms with Crippen LogP contribution in [0.3, 0.4) is 0 Å². The second-order valence-electron chi connectivity index (χ2n) is 6.50. The first-order valence-electron chi connectivity index (χ1n) is 8.96. The van der Waals surface area contributed by atoms with Gasteiger partial charge >= 0.3 is 5.97 Å². The van der Waals surface area contributed by atoms with Crippen LogP contribution >= 0.6 is 0 Å². The topological polar surface area (TPSA) is 105 Å². The zero-order chi connectivity index (χ0) is 21.4. The summed E-state index contributed by atoms with van der Waals surface area (Å²) in [4.78, 5) is 35.8. The molecule has 7 nitrogen and oxygen atoms in total. The second-order valence-corrected chi connectivity index (χ2v) is 6.50. The van der Waals surface area contributed by atoms with E-state index in [9.17, 15) is 23.9 Å². The molecule has 0 radical (unpaired) electrons. The summed E-state index contributed by atoms with van der Waals surface area (Å²) in [7, 11) is 1.52. The highest BCUT2D eigenvalue weighted by atomic mass is 19.1. The lowest BCUT2D eigenvalue weighted by molar-refractivity contribution is -0.142. The predicted molar refractivity (Wildman–Crippen MR) is 104 cm³/mol. The van der Waals surface area contributed by atoms with Gasteiger partial charge in [-0.25, -0.2) is 9.18 Å². The average molecular weight is 402 g/mol. The van der Waals surface area contributed by atoms with E-state index in [0.717, 1.165) is 0 Å². The second kappa shape index (κ2) is 10.2. The van der Waals surface area contributed by atoms with Crippen LogP contribution in [0, 0.1) is 5.82 Å². The maximum Gasteiger partial charge on any atom is 0.326 e. The van der Waals surface area contributed by atoms with E-state index >= 15 is 0 Å². The number of methoxy groups -OCH3 is 1. The molecule has 2 rings (SSSR count). The fraction of sp³-hybridized carbons (Fsp3) is 0.286. The quantitative estimate of drug-likeness (QED) is 0.592. The van der Waals surface area contributed by atoms with Crippen LogP contribution in [0.2, 0.25) is 0 Å². The molecule has 2 amide bonds. The van der Waals surface area contributed by atoms with Crippen molar-refractivity contribution < 1.29 is 28.6 Å². The van der Waals surface area contributed by atoms with Gasteiger partial charge in [-0.05, 0) is 29.3 Å². The lowest BCUT2D eigenvalue weighted by atomic mass is 10.0. The van der Waals surface area contributed by atoms with E-state index in [1.807, 2.05) is 0 Å². The van der Waals surface area contributed by atoms with Crippen LogP contribution in [0.25, 0.3) is 0 Å². The summed E-state index contributed by atoms with van der Waals surface area (Å²) < 4.78 is 19.0. The predicted octanol–water partition coefficient (Wildman–Crippen LogP) is 1.69. The number of carbonyl (C=O) groups excluding carboxylic acids is 2. The molecule has 0 aliphatic heterocycles. The zero-order valence-electron chi connectivity index (χ0n) is 16.1. The molecular formula is C21H23FN2O5. The Morgan fingerprint density at radius 3 is 2.21 bits per heavy atom. The lowest BCUT2D eigenvalue weighted by Gasteiger charge is -2.21. The van der Waals surface area contributed by atoms with Crippen molar-refractivity contribution in [2.24, 2.45) is 0 Å². The molecular weight excluding hydrogens is 379 g/mol. The zero-order valence-corrected chi connectivity index (χ0v) is 16.1. The summed E-state index contributed by atoms with van der Waals surface area (Å²) in [5.74, 6) is -2.29. The van der Waals surface area contributed by atoms with Gasteiger partial charge in [0.05, 0.1) is 7.11 Å². The molecule has 154 valence electrons. The first-order valence-corrected chi connectivity index (χ1v) is 8.96. The van der Waals surface area contributed by atoms with E-state index in [0.29, 0.717) is 11.3 Å². The molecule has 0 aliphatic rings. The van der Waals surface area contributed by atoms with Crippen LogP contribution in [0.1, 0.15) is 18.1 Å². The molecule has 3 N–H and O–H groups in total. The number of ether oxygens (including phenoxy) is 1. The first-order chi connectivity index (χ1) is 13.8. The number of halogens is 1. The van der Waals surface area contributed by atoms with Gasteiger partial charge in [-0.2, -0.15) is 0 Å². The van der Waals surface area contributed by atoms with E-state index in [1.165, 1.54) is 32.2 Å². The Morgan fingerprint density at radius 1 is 1.00 bits per heavy atom. The Balaban J connectivity index is 2.13. The molecule has 0 spiro atoms. The fourth-order valence-electron chi connectivity index (χ4n) is 2.81. The van der Waals surface area contributed by atoms with Crippen molar-refractivity contribution in [3.63, 3.8) is 0 Å². The third kappa shape index (κ3) is 6.60. The normalized spacial score (nSPS) is 12.5. The van der Waals surface area contributed by atoms with Gasteiger partial charge < -0.3 is 20.5 Å². The van der Waals surface area contributed by atoms with Crippen LogP contribution in [0.5, 0.6) is 5.75 Å². The van der Waals surface area contributed by atoms with Gasteiger partial charge in [-0.15, -0.1) is 0 Å². The summed E-state index contributed by atoms with van der Waals surface area (Å²) in [5, 5.41) is 14.4. The molecule has 2 aromatic carbocycles. The van der Waals surface area contributed by atoms with Crippen molar-refractivity contribution in [2.75, 3.05) is 7.11 Å². The number of benzene rings is 2. The molecule has 8 heteroatoms. The number of carboxylic acids is 1. The summed E-state index contributed by atoms with van der Waals surface area (Å²) in [6.07, 6.45) is -0.0650. The van der Waals surface area contributed by atoms with E-state index < -0.39 is 35.7 Å². The molecule has 0 saturated heterocycles. The Kier molecular flexibility index (Phi) is 7.70.